The Bertz CT molecular complexity index is 841. The summed E-state index contributed by atoms with van der Waals surface area (Å²) in [5.41, 5.74) is -0.280. The molecule has 1 aliphatic rings. The second-order valence-electron chi connectivity index (χ2n) is 6.68. The molecule has 1 saturated heterocycles. The van der Waals surface area contributed by atoms with Crippen molar-refractivity contribution < 1.29 is 42.6 Å². The molecule has 12 heteroatoms. The van der Waals surface area contributed by atoms with E-state index >= 15 is 4.39 Å². The monoisotopic (exact) mass is 463 g/mol. The molecular weight excluding hydrogens is 441 g/mol. The molecule has 0 radical (unpaired) electrons. The van der Waals surface area contributed by atoms with Crippen LogP contribution in [0.3, 0.4) is 0 Å². The van der Waals surface area contributed by atoms with Crippen LogP contribution in [0.5, 0.6) is 5.75 Å². The average Bonchev–Trinajstić information content (AvgIpc) is 3.17. The number of esters is 2. The summed E-state index contributed by atoms with van der Waals surface area (Å²) in [5.74, 6) is -8.42. The van der Waals surface area contributed by atoms with Gasteiger partial charge in [0.1, 0.15) is 11.6 Å². The van der Waals surface area contributed by atoms with E-state index in [2.05, 4.69) is 9.47 Å². The summed E-state index contributed by atoms with van der Waals surface area (Å²) in [5, 5.41) is 11.0. The number of carbonyl (C=O) groups excluding carboxylic acids is 2. The summed E-state index contributed by atoms with van der Waals surface area (Å²) < 4.78 is 41.5. The van der Waals surface area contributed by atoms with Crippen LogP contribution in [0, 0.1) is 21.8 Å². The SMILES string of the molecule is CCOc1c(C2(C)OCCO2)cc(Cl)c(F)c1C(C[N+](=O)[O-])C(C(=O)OC)C(=O)OC. The standard InChI is InChI=1S/C19H23ClFNO9/c1-5-29-16-11(19(2)30-6-7-31-19)8-12(20)15(21)13(16)10(9-22(25)26)14(17(23)27-3)18(24)28-4/h8,10,14H,5-7,9H2,1-4H3. The highest BCUT2D eigenvalue weighted by Crippen LogP contribution is 2.46. The Kier molecular flexibility index (Phi) is 8.15. The van der Waals surface area contributed by atoms with Crippen molar-refractivity contribution in [3.8, 4) is 5.75 Å². The van der Waals surface area contributed by atoms with Gasteiger partial charge < -0.3 is 23.7 Å². The highest BCUT2D eigenvalue weighted by molar-refractivity contribution is 6.31. The lowest BCUT2D eigenvalue weighted by molar-refractivity contribution is -0.484. The molecule has 0 bridgehead atoms. The molecule has 172 valence electrons. The van der Waals surface area contributed by atoms with Gasteiger partial charge in [0.2, 0.25) is 6.54 Å². The molecule has 0 saturated carbocycles. The highest BCUT2D eigenvalue weighted by Gasteiger charge is 2.46. The Hall–Kier alpha value is -2.50. The van der Waals surface area contributed by atoms with Crippen molar-refractivity contribution >= 4 is 23.5 Å². The maximum absolute atomic E-state index is 15.4. The van der Waals surface area contributed by atoms with Crippen molar-refractivity contribution in [1.29, 1.82) is 0 Å². The molecule has 10 nitrogen and oxygen atoms in total. The summed E-state index contributed by atoms with van der Waals surface area (Å²) in [4.78, 5) is 35.4. The van der Waals surface area contributed by atoms with Gasteiger partial charge in [-0.1, -0.05) is 11.6 Å². The van der Waals surface area contributed by atoms with Crippen LogP contribution < -0.4 is 4.74 Å². The van der Waals surface area contributed by atoms with Crippen molar-refractivity contribution in [2.45, 2.75) is 25.6 Å². The Morgan fingerprint density at radius 3 is 2.29 bits per heavy atom. The Labute approximate surface area is 182 Å². The maximum atomic E-state index is 15.4. The second kappa shape index (κ2) is 10.2. The van der Waals surface area contributed by atoms with Crippen LogP contribution >= 0.6 is 11.6 Å². The minimum absolute atomic E-state index is 0.0312. The molecule has 0 aromatic heterocycles. The fourth-order valence-electron chi connectivity index (χ4n) is 3.47. The zero-order valence-electron chi connectivity index (χ0n) is 17.4. The van der Waals surface area contributed by atoms with Gasteiger partial charge in [-0.25, -0.2) is 4.39 Å². The second-order valence-corrected chi connectivity index (χ2v) is 7.09. The van der Waals surface area contributed by atoms with Crippen LogP contribution in [0.1, 0.15) is 30.9 Å². The van der Waals surface area contributed by atoms with Gasteiger partial charge in [0.25, 0.3) is 0 Å². The average molecular weight is 464 g/mol. The molecule has 1 aliphatic heterocycles. The number of hydrogen-bond donors (Lipinski definition) is 0. The summed E-state index contributed by atoms with van der Waals surface area (Å²) >= 11 is 6.10. The van der Waals surface area contributed by atoms with E-state index in [1.807, 2.05) is 0 Å². The van der Waals surface area contributed by atoms with Crippen LogP contribution in [0.4, 0.5) is 4.39 Å². The van der Waals surface area contributed by atoms with E-state index in [0.29, 0.717) is 0 Å². The number of halogens is 2. The van der Waals surface area contributed by atoms with Gasteiger partial charge in [-0.2, -0.15) is 0 Å². The van der Waals surface area contributed by atoms with Crippen molar-refractivity contribution in [2.24, 2.45) is 5.92 Å². The lowest BCUT2D eigenvalue weighted by Crippen LogP contribution is -2.36. The van der Waals surface area contributed by atoms with Gasteiger partial charge in [0, 0.05) is 10.5 Å². The van der Waals surface area contributed by atoms with Crippen LogP contribution in [0.15, 0.2) is 6.07 Å². The van der Waals surface area contributed by atoms with E-state index in [1.54, 1.807) is 13.8 Å². The Balaban J connectivity index is 2.85. The Morgan fingerprint density at radius 1 is 1.29 bits per heavy atom. The lowest BCUT2D eigenvalue weighted by Gasteiger charge is -2.30. The van der Waals surface area contributed by atoms with Crippen molar-refractivity contribution in [2.75, 3.05) is 40.6 Å². The number of benzene rings is 1. The third-order valence-electron chi connectivity index (χ3n) is 4.85. The first-order chi connectivity index (χ1) is 14.6. The number of methoxy groups -OCH3 is 2. The molecule has 1 aromatic carbocycles. The predicted octanol–water partition coefficient (Wildman–Crippen LogP) is 2.42. The molecule has 1 fully saturated rings. The summed E-state index contributed by atoms with van der Waals surface area (Å²) in [6.45, 7) is 2.65. The molecule has 2 rings (SSSR count). The molecule has 1 heterocycles. The smallest absolute Gasteiger partial charge is 0.320 e. The minimum Gasteiger partial charge on any atom is -0.493 e. The third-order valence-corrected chi connectivity index (χ3v) is 5.13. The fraction of sp³-hybridized carbons (Fsp3) is 0.579. The molecule has 1 aromatic rings. The normalized spacial score (nSPS) is 16.1. The minimum atomic E-state index is -1.85. The van der Waals surface area contributed by atoms with E-state index < -0.39 is 57.4 Å². The van der Waals surface area contributed by atoms with Gasteiger partial charge in [-0.15, -0.1) is 0 Å². The van der Waals surface area contributed by atoms with E-state index in [4.69, 9.17) is 25.8 Å². The van der Waals surface area contributed by atoms with Crippen LogP contribution in [0.25, 0.3) is 0 Å². The fourth-order valence-corrected chi connectivity index (χ4v) is 3.68. The molecule has 0 N–H and O–H groups in total. The Morgan fingerprint density at radius 2 is 1.84 bits per heavy atom. The zero-order chi connectivity index (χ0) is 23.3. The summed E-state index contributed by atoms with van der Waals surface area (Å²) in [7, 11) is 1.98. The van der Waals surface area contributed by atoms with Gasteiger partial charge in [-0.3, -0.25) is 19.7 Å². The first kappa shape index (κ1) is 24.8. The van der Waals surface area contributed by atoms with Crippen molar-refractivity contribution in [1.82, 2.24) is 0 Å². The first-order valence-corrected chi connectivity index (χ1v) is 9.69. The van der Waals surface area contributed by atoms with Gasteiger partial charge in [0.05, 0.1) is 50.5 Å². The van der Waals surface area contributed by atoms with Crippen LogP contribution in [-0.2, 0) is 34.3 Å². The summed E-state index contributed by atoms with van der Waals surface area (Å²) in [6, 6.07) is 1.23. The van der Waals surface area contributed by atoms with E-state index in [-0.39, 0.29) is 31.1 Å². The first-order valence-electron chi connectivity index (χ1n) is 9.31. The quantitative estimate of drug-likeness (QED) is 0.235. The third kappa shape index (κ3) is 5.05. The van der Waals surface area contributed by atoms with E-state index in [0.717, 1.165) is 14.2 Å². The van der Waals surface area contributed by atoms with Crippen molar-refractivity contribution in [3.05, 3.63) is 38.1 Å². The van der Waals surface area contributed by atoms with E-state index in [1.165, 1.54) is 6.07 Å². The van der Waals surface area contributed by atoms with E-state index in [9.17, 15) is 19.7 Å². The zero-order valence-corrected chi connectivity index (χ0v) is 18.2. The lowest BCUT2D eigenvalue weighted by atomic mass is 9.83. The molecule has 1 unspecified atom stereocenters. The number of rotatable bonds is 9. The van der Waals surface area contributed by atoms with Gasteiger partial charge in [0.15, 0.2) is 11.7 Å². The molecule has 0 aliphatic carbocycles. The van der Waals surface area contributed by atoms with Crippen LogP contribution in [0.2, 0.25) is 5.02 Å². The number of ether oxygens (including phenoxy) is 5. The predicted molar refractivity (Wildman–Crippen MR) is 104 cm³/mol. The molecule has 0 amide bonds. The number of carbonyl (C=O) groups is 2. The number of hydrogen-bond acceptors (Lipinski definition) is 9. The number of nitro groups is 1. The van der Waals surface area contributed by atoms with Gasteiger partial charge in [-0.05, 0) is 19.9 Å². The molecule has 31 heavy (non-hydrogen) atoms. The largest absolute Gasteiger partial charge is 0.493 e. The molecular formula is C19H23ClFNO9. The molecule has 1 atom stereocenters. The number of nitrogens with zero attached hydrogens (tertiary/aromatic N) is 1. The molecule has 0 spiro atoms. The summed E-state index contributed by atoms with van der Waals surface area (Å²) in [6.07, 6.45) is 0. The highest BCUT2D eigenvalue weighted by atomic mass is 35.5. The van der Waals surface area contributed by atoms with Crippen LogP contribution in [-0.4, -0.2) is 57.4 Å². The topological polar surface area (TPSA) is 123 Å². The maximum Gasteiger partial charge on any atom is 0.320 e. The van der Waals surface area contributed by atoms with Crippen molar-refractivity contribution in [3.63, 3.8) is 0 Å². The van der Waals surface area contributed by atoms with Gasteiger partial charge >= 0.3 is 11.9 Å².